The van der Waals surface area contributed by atoms with Crippen LogP contribution in [0.3, 0.4) is 0 Å². The Hall–Kier alpha value is -1.94. The van der Waals surface area contributed by atoms with Crippen LogP contribution in [-0.4, -0.2) is 24.3 Å². The SMILES string of the molecule is Cc1ccc(OC[C@H](C)NC(=O)CCSCc2ccccc2)cc1. The number of carbonyl (C=O) groups is 1. The summed E-state index contributed by atoms with van der Waals surface area (Å²) in [4.78, 5) is 11.9. The van der Waals surface area contributed by atoms with Crippen molar-refractivity contribution in [3.63, 3.8) is 0 Å². The molecule has 0 heterocycles. The van der Waals surface area contributed by atoms with E-state index in [1.54, 1.807) is 11.8 Å². The van der Waals surface area contributed by atoms with Gasteiger partial charge in [-0.3, -0.25) is 4.79 Å². The number of aryl methyl sites for hydroxylation is 1. The Labute approximate surface area is 148 Å². The zero-order valence-corrected chi connectivity index (χ0v) is 15.1. The summed E-state index contributed by atoms with van der Waals surface area (Å²) in [6.45, 7) is 4.48. The number of hydrogen-bond acceptors (Lipinski definition) is 3. The van der Waals surface area contributed by atoms with Crippen LogP contribution in [0.25, 0.3) is 0 Å². The van der Waals surface area contributed by atoms with Crippen molar-refractivity contribution in [2.24, 2.45) is 0 Å². The van der Waals surface area contributed by atoms with Crippen molar-refractivity contribution in [3.05, 3.63) is 65.7 Å². The van der Waals surface area contributed by atoms with E-state index in [0.717, 1.165) is 17.3 Å². The van der Waals surface area contributed by atoms with E-state index in [9.17, 15) is 4.79 Å². The highest BCUT2D eigenvalue weighted by Gasteiger charge is 2.08. The molecule has 1 amide bonds. The molecule has 0 bridgehead atoms. The fourth-order valence-corrected chi connectivity index (χ4v) is 3.08. The molecule has 24 heavy (non-hydrogen) atoms. The molecule has 0 unspecified atom stereocenters. The fourth-order valence-electron chi connectivity index (χ4n) is 2.17. The lowest BCUT2D eigenvalue weighted by Gasteiger charge is -2.15. The first-order chi connectivity index (χ1) is 11.6. The van der Waals surface area contributed by atoms with Gasteiger partial charge in [-0.25, -0.2) is 0 Å². The summed E-state index contributed by atoms with van der Waals surface area (Å²) in [5.74, 6) is 2.68. The van der Waals surface area contributed by atoms with Crippen molar-refractivity contribution in [1.82, 2.24) is 5.32 Å². The van der Waals surface area contributed by atoms with Gasteiger partial charge in [-0.15, -0.1) is 0 Å². The number of rotatable bonds is 9. The number of carbonyl (C=O) groups excluding carboxylic acids is 1. The minimum absolute atomic E-state index is 0.00192. The van der Waals surface area contributed by atoms with Crippen molar-refractivity contribution in [2.75, 3.05) is 12.4 Å². The minimum Gasteiger partial charge on any atom is -0.491 e. The average Bonchev–Trinajstić information content (AvgIpc) is 2.59. The van der Waals surface area contributed by atoms with Gasteiger partial charge in [-0.05, 0) is 31.5 Å². The van der Waals surface area contributed by atoms with Gasteiger partial charge in [0.1, 0.15) is 12.4 Å². The van der Waals surface area contributed by atoms with Gasteiger partial charge in [0.05, 0.1) is 6.04 Å². The number of nitrogens with one attached hydrogen (secondary N) is 1. The number of hydrogen-bond donors (Lipinski definition) is 1. The second kappa shape index (κ2) is 10.0. The van der Waals surface area contributed by atoms with Crippen LogP contribution in [0.4, 0.5) is 0 Å². The van der Waals surface area contributed by atoms with Crippen LogP contribution in [0.2, 0.25) is 0 Å². The highest BCUT2D eigenvalue weighted by molar-refractivity contribution is 7.98. The summed E-state index contributed by atoms with van der Waals surface area (Å²) in [6, 6.07) is 18.2. The molecule has 0 aliphatic heterocycles. The van der Waals surface area contributed by atoms with Crippen LogP contribution in [0.1, 0.15) is 24.5 Å². The highest BCUT2D eigenvalue weighted by atomic mass is 32.2. The maximum atomic E-state index is 11.9. The van der Waals surface area contributed by atoms with E-state index in [-0.39, 0.29) is 11.9 Å². The molecule has 1 atom stereocenters. The average molecular weight is 343 g/mol. The topological polar surface area (TPSA) is 38.3 Å². The number of ether oxygens (including phenoxy) is 1. The standard InChI is InChI=1S/C20H25NO2S/c1-16-8-10-19(11-9-16)23-14-17(2)21-20(22)12-13-24-15-18-6-4-3-5-7-18/h3-11,17H,12-15H2,1-2H3,(H,21,22)/t17-/m0/s1. The lowest BCUT2D eigenvalue weighted by molar-refractivity contribution is -0.121. The predicted octanol–water partition coefficient (Wildman–Crippen LogP) is 4.20. The van der Waals surface area contributed by atoms with Crippen LogP contribution >= 0.6 is 11.8 Å². The number of thioether (sulfide) groups is 1. The number of amides is 1. The number of benzene rings is 2. The summed E-state index contributed by atoms with van der Waals surface area (Å²) in [5.41, 5.74) is 2.50. The van der Waals surface area contributed by atoms with Gasteiger partial charge in [0.25, 0.3) is 0 Å². The lowest BCUT2D eigenvalue weighted by Crippen LogP contribution is -2.36. The molecular formula is C20H25NO2S. The second-order valence-electron chi connectivity index (χ2n) is 5.88. The zero-order chi connectivity index (χ0) is 17.2. The summed E-state index contributed by atoms with van der Waals surface area (Å²) in [5, 5.41) is 2.98. The summed E-state index contributed by atoms with van der Waals surface area (Å²) in [6.07, 6.45) is 0.534. The van der Waals surface area contributed by atoms with Crippen molar-refractivity contribution in [3.8, 4) is 5.75 Å². The molecule has 1 N–H and O–H groups in total. The Kier molecular flexibility index (Phi) is 7.69. The third kappa shape index (κ3) is 7.09. The third-order valence-corrected chi connectivity index (χ3v) is 4.54. The normalized spacial score (nSPS) is 11.8. The van der Waals surface area contributed by atoms with Crippen molar-refractivity contribution in [1.29, 1.82) is 0 Å². The lowest BCUT2D eigenvalue weighted by atomic mass is 10.2. The van der Waals surface area contributed by atoms with E-state index in [1.165, 1.54) is 11.1 Å². The van der Waals surface area contributed by atoms with Crippen molar-refractivity contribution < 1.29 is 9.53 Å². The van der Waals surface area contributed by atoms with Gasteiger partial charge < -0.3 is 10.1 Å². The fraction of sp³-hybridized carbons (Fsp3) is 0.350. The highest BCUT2D eigenvalue weighted by Crippen LogP contribution is 2.13. The van der Waals surface area contributed by atoms with Gasteiger partial charge in [-0.1, -0.05) is 48.0 Å². The van der Waals surface area contributed by atoms with E-state index in [2.05, 4.69) is 17.4 Å². The zero-order valence-electron chi connectivity index (χ0n) is 14.3. The molecule has 2 aromatic carbocycles. The molecule has 3 nitrogen and oxygen atoms in total. The first-order valence-electron chi connectivity index (χ1n) is 8.24. The molecule has 0 saturated heterocycles. The Morgan fingerprint density at radius 2 is 1.83 bits per heavy atom. The maximum Gasteiger partial charge on any atom is 0.221 e. The first-order valence-corrected chi connectivity index (χ1v) is 9.39. The van der Waals surface area contributed by atoms with Crippen molar-refractivity contribution in [2.45, 2.75) is 32.1 Å². The quantitative estimate of drug-likeness (QED) is 0.694. The van der Waals surface area contributed by atoms with Crippen LogP contribution in [-0.2, 0) is 10.5 Å². The smallest absolute Gasteiger partial charge is 0.221 e. The molecule has 4 heteroatoms. The van der Waals surface area contributed by atoms with Gasteiger partial charge in [0.2, 0.25) is 5.91 Å². The Balaban J connectivity index is 1.58. The minimum atomic E-state index is -0.00192. The maximum absolute atomic E-state index is 11.9. The van der Waals surface area contributed by atoms with E-state index in [1.807, 2.05) is 56.3 Å². The Morgan fingerprint density at radius 3 is 2.54 bits per heavy atom. The van der Waals surface area contributed by atoms with E-state index in [0.29, 0.717) is 13.0 Å². The van der Waals surface area contributed by atoms with Gasteiger partial charge in [0.15, 0.2) is 0 Å². The molecule has 2 rings (SSSR count). The molecule has 128 valence electrons. The summed E-state index contributed by atoms with van der Waals surface area (Å²) in [7, 11) is 0. The van der Waals surface area contributed by atoms with Crippen molar-refractivity contribution >= 4 is 17.7 Å². The molecule has 0 fully saturated rings. The van der Waals surface area contributed by atoms with Gasteiger partial charge in [-0.2, -0.15) is 11.8 Å². The molecular weight excluding hydrogens is 318 g/mol. The Bertz CT molecular complexity index is 613. The molecule has 0 spiro atoms. The summed E-state index contributed by atoms with van der Waals surface area (Å²) >= 11 is 1.78. The molecule has 0 aliphatic rings. The molecule has 0 aromatic heterocycles. The largest absolute Gasteiger partial charge is 0.491 e. The second-order valence-corrected chi connectivity index (χ2v) is 6.99. The van der Waals surface area contributed by atoms with Gasteiger partial charge in [0, 0.05) is 17.9 Å². The van der Waals surface area contributed by atoms with E-state index in [4.69, 9.17) is 4.74 Å². The molecule has 0 aliphatic carbocycles. The monoisotopic (exact) mass is 343 g/mol. The molecule has 0 radical (unpaired) electrons. The first kappa shape index (κ1) is 18.4. The molecule has 2 aromatic rings. The van der Waals surface area contributed by atoms with E-state index >= 15 is 0 Å². The van der Waals surface area contributed by atoms with Crippen LogP contribution in [0, 0.1) is 6.92 Å². The van der Waals surface area contributed by atoms with Gasteiger partial charge >= 0.3 is 0 Å². The third-order valence-electron chi connectivity index (χ3n) is 3.51. The van der Waals surface area contributed by atoms with Crippen LogP contribution in [0.15, 0.2) is 54.6 Å². The Morgan fingerprint density at radius 1 is 1.12 bits per heavy atom. The summed E-state index contributed by atoms with van der Waals surface area (Å²) < 4.78 is 5.69. The molecule has 0 saturated carbocycles. The van der Waals surface area contributed by atoms with Crippen LogP contribution in [0.5, 0.6) is 5.75 Å². The van der Waals surface area contributed by atoms with Crippen LogP contribution < -0.4 is 10.1 Å². The predicted molar refractivity (Wildman–Crippen MR) is 101 cm³/mol. The van der Waals surface area contributed by atoms with E-state index < -0.39 is 0 Å².